The maximum atomic E-state index is 12.6. The second-order valence-corrected chi connectivity index (χ2v) is 6.50. The number of hydrogen-bond acceptors (Lipinski definition) is 2. The average Bonchev–Trinajstić information content (AvgIpc) is 2.55. The maximum Gasteiger partial charge on any atom is 0.225 e. The summed E-state index contributed by atoms with van der Waals surface area (Å²) in [6, 6.07) is 10.9. The van der Waals surface area contributed by atoms with Gasteiger partial charge in [0.2, 0.25) is 5.91 Å². The molecule has 0 N–H and O–H groups in total. The van der Waals surface area contributed by atoms with Crippen LogP contribution in [0.1, 0.15) is 39.0 Å². The summed E-state index contributed by atoms with van der Waals surface area (Å²) in [6.07, 6.45) is 5.98. The Bertz CT molecular complexity index is 467. The molecule has 1 amide bonds. The van der Waals surface area contributed by atoms with Gasteiger partial charge in [-0.15, -0.1) is 0 Å². The van der Waals surface area contributed by atoms with Crippen molar-refractivity contribution in [3.05, 3.63) is 30.3 Å². The van der Waals surface area contributed by atoms with Crippen molar-refractivity contribution in [3.8, 4) is 0 Å². The summed E-state index contributed by atoms with van der Waals surface area (Å²) in [5.74, 6) is 0.712. The van der Waals surface area contributed by atoms with Gasteiger partial charge in [-0.2, -0.15) is 0 Å². The van der Waals surface area contributed by atoms with Crippen LogP contribution in [0.2, 0.25) is 0 Å². The maximum absolute atomic E-state index is 12.6. The van der Waals surface area contributed by atoms with Gasteiger partial charge in [-0.3, -0.25) is 4.79 Å². The lowest BCUT2D eigenvalue weighted by Gasteiger charge is -2.42. The van der Waals surface area contributed by atoms with Crippen molar-refractivity contribution < 1.29 is 4.79 Å². The molecular formula is C18H26N2O. The van der Waals surface area contributed by atoms with Gasteiger partial charge in [0.15, 0.2) is 0 Å². The van der Waals surface area contributed by atoms with Gasteiger partial charge in [0, 0.05) is 37.3 Å². The Kier molecular flexibility index (Phi) is 4.47. The number of carbonyl (C=O) groups is 1. The second kappa shape index (κ2) is 6.50. The van der Waals surface area contributed by atoms with E-state index in [1.54, 1.807) is 0 Å². The zero-order valence-corrected chi connectivity index (χ0v) is 13.0. The molecule has 0 radical (unpaired) electrons. The molecule has 2 fully saturated rings. The molecule has 21 heavy (non-hydrogen) atoms. The van der Waals surface area contributed by atoms with E-state index >= 15 is 0 Å². The lowest BCUT2D eigenvalue weighted by Crippen LogP contribution is -2.55. The smallest absolute Gasteiger partial charge is 0.225 e. The van der Waals surface area contributed by atoms with Crippen LogP contribution < -0.4 is 4.90 Å². The molecule has 1 saturated carbocycles. The van der Waals surface area contributed by atoms with Crippen LogP contribution in [-0.2, 0) is 4.79 Å². The lowest BCUT2D eigenvalue weighted by atomic mass is 9.88. The molecule has 3 rings (SSSR count). The molecule has 3 heteroatoms. The summed E-state index contributed by atoms with van der Waals surface area (Å²) in [6.45, 7) is 4.91. The highest BCUT2D eigenvalue weighted by molar-refractivity contribution is 5.79. The van der Waals surface area contributed by atoms with Crippen LogP contribution in [-0.4, -0.2) is 36.5 Å². The predicted octanol–water partition coefficient (Wildman–Crippen LogP) is 3.30. The monoisotopic (exact) mass is 286 g/mol. The number of rotatable bonds is 2. The lowest BCUT2D eigenvalue weighted by molar-refractivity contribution is -0.137. The van der Waals surface area contributed by atoms with Crippen LogP contribution in [0.3, 0.4) is 0 Å². The van der Waals surface area contributed by atoms with Gasteiger partial charge >= 0.3 is 0 Å². The number of piperazine rings is 1. The summed E-state index contributed by atoms with van der Waals surface area (Å²) in [7, 11) is 0. The quantitative estimate of drug-likeness (QED) is 0.833. The number of carbonyl (C=O) groups excluding carboxylic acids is 1. The number of benzene rings is 1. The third kappa shape index (κ3) is 3.22. The second-order valence-electron chi connectivity index (χ2n) is 6.50. The molecule has 1 saturated heterocycles. The highest BCUT2D eigenvalue weighted by Gasteiger charge is 2.31. The van der Waals surface area contributed by atoms with Crippen molar-refractivity contribution >= 4 is 11.6 Å². The van der Waals surface area contributed by atoms with Crippen molar-refractivity contribution in [1.29, 1.82) is 0 Å². The van der Waals surface area contributed by atoms with Gasteiger partial charge in [0.25, 0.3) is 0 Å². The van der Waals surface area contributed by atoms with Crippen molar-refractivity contribution in [3.63, 3.8) is 0 Å². The van der Waals surface area contributed by atoms with Crippen LogP contribution in [0, 0.1) is 5.92 Å². The van der Waals surface area contributed by atoms with Crippen LogP contribution in [0.25, 0.3) is 0 Å². The van der Waals surface area contributed by atoms with Gasteiger partial charge < -0.3 is 9.80 Å². The fraction of sp³-hybridized carbons (Fsp3) is 0.611. The minimum absolute atomic E-state index is 0.300. The molecule has 1 aromatic carbocycles. The normalized spacial score (nSPS) is 24.1. The van der Waals surface area contributed by atoms with E-state index in [9.17, 15) is 4.79 Å². The molecule has 1 atom stereocenters. The standard InChI is InChI=1S/C18H26N2O/c1-15-14-19(18(21)16-8-4-2-5-9-16)12-13-20(15)17-10-6-3-7-11-17/h3,6-7,10-11,15-16H,2,4-5,8-9,12-14H2,1H3. The third-order valence-corrected chi connectivity index (χ3v) is 4.98. The number of nitrogens with zero attached hydrogens (tertiary/aromatic N) is 2. The first-order chi connectivity index (χ1) is 10.3. The van der Waals surface area contributed by atoms with Crippen molar-refractivity contribution in [2.75, 3.05) is 24.5 Å². The number of anilines is 1. The highest BCUT2D eigenvalue weighted by Crippen LogP contribution is 2.27. The van der Waals surface area contributed by atoms with E-state index in [0.717, 1.165) is 32.5 Å². The third-order valence-electron chi connectivity index (χ3n) is 4.98. The molecule has 1 heterocycles. The fourth-order valence-electron chi connectivity index (χ4n) is 3.77. The Morgan fingerprint density at radius 2 is 1.76 bits per heavy atom. The SMILES string of the molecule is CC1CN(C(=O)C2CCCCC2)CCN1c1ccccc1. The first-order valence-corrected chi connectivity index (χ1v) is 8.36. The van der Waals surface area contributed by atoms with Crippen LogP contribution in [0.4, 0.5) is 5.69 Å². The van der Waals surface area contributed by atoms with E-state index in [-0.39, 0.29) is 0 Å². The van der Waals surface area contributed by atoms with Crippen molar-refractivity contribution in [2.24, 2.45) is 5.92 Å². The van der Waals surface area contributed by atoms with Crippen LogP contribution in [0.15, 0.2) is 30.3 Å². The molecule has 3 nitrogen and oxygen atoms in total. The van der Waals surface area contributed by atoms with E-state index in [1.165, 1.54) is 24.9 Å². The molecule has 1 aliphatic heterocycles. The van der Waals surface area contributed by atoms with E-state index in [2.05, 4.69) is 47.1 Å². The predicted molar refractivity (Wildman–Crippen MR) is 86.4 cm³/mol. The van der Waals surface area contributed by atoms with Gasteiger partial charge in [-0.05, 0) is 31.9 Å². The Balaban J connectivity index is 1.61. The Hall–Kier alpha value is -1.51. The Morgan fingerprint density at radius 3 is 2.43 bits per heavy atom. The van der Waals surface area contributed by atoms with Crippen LogP contribution >= 0.6 is 0 Å². The number of para-hydroxylation sites is 1. The molecule has 1 aliphatic carbocycles. The fourth-order valence-corrected chi connectivity index (χ4v) is 3.77. The minimum atomic E-state index is 0.300. The molecule has 1 aromatic rings. The van der Waals surface area contributed by atoms with Gasteiger partial charge in [-0.1, -0.05) is 37.5 Å². The summed E-state index contributed by atoms with van der Waals surface area (Å²) >= 11 is 0. The van der Waals surface area contributed by atoms with Gasteiger partial charge in [-0.25, -0.2) is 0 Å². The topological polar surface area (TPSA) is 23.6 Å². The summed E-state index contributed by atoms with van der Waals surface area (Å²) < 4.78 is 0. The van der Waals surface area contributed by atoms with Crippen LogP contribution in [0.5, 0.6) is 0 Å². The molecule has 0 aromatic heterocycles. The molecule has 114 valence electrons. The summed E-state index contributed by atoms with van der Waals surface area (Å²) in [5, 5.41) is 0. The number of amides is 1. The van der Waals surface area contributed by atoms with Crippen molar-refractivity contribution in [2.45, 2.75) is 45.1 Å². The van der Waals surface area contributed by atoms with E-state index in [0.29, 0.717) is 17.9 Å². The largest absolute Gasteiger partial charge is 0.365 e. The van der Waals surface area contributed by atoms with Crippen molar-refractivity contribution in [1.82, 2.24) is 4.90 Å². The van der Waals surface area contributed by atoms with E-state index in [4.69, 9.17) is 0 Å². The Labute approximate surface area is 127 Å². The summed E-state index contributed by atoms with van der Waals surface area (Å²) in [4.78, 5) is 17.2. The first-order valence-electron chi connectivity index (χ1n) is 8.36. The molecular weight excluding hydrogens is 260 g/mol. The Morgan fingerprint density at radius 1 is 1.05 bits per heavy atom. The molecule has 0 bridgehead atoms. The zero-order chi connectivity index (χ0) is 14.7. The number of hydrogen-bond donors (Lipinski definition) is 0. The van der Waals surface area contributed by atoms with E-state index < -0.39 is 0 Å². The minimum Gasteiger partial charge on any atom is -0.365 e. The summed E-state index contributed by atoms with van der Waals surface area (Å²) in [5.41, 5.74) is 1.27. The average molecular weight is 286 g/mol. The first kappa shape index (κ1) is 14.4. The molecule has 0 spiro atoms. The highest BCUT2D eigenvalue weighted by atomic mass is 16.2. The molecule has 1 unspecified atom stereocenters. The molecule has 2 aliphatic rings. The zero-order valence-electron chi connectivity index (χ0n) is 13.0. The van der Waals surface area contributed by atoms with Gasteiger partial charge in [0.1, 0.15) is 0 Å². The van der Waals surface area contributed by atoms with Gasteiger partial charge in [0.05, 0.1) is 0 Å². The van der Waals surface area contributed by atoms with E-state index in [1.807, 2.05) is 0 Å².